The third-order valence-electron chi connectivity index (χ3n) is 3.92. The normalized spacial score (nSPS) is 20.0. The highest BCUT2D eigenvalue weighted by Gasteiger charge is 2.33. The van der Waals surface area contributed by atoms with E-state index < -0.39 is 11.5 Å². The fourth-order valence-corrected chi connectivity index (χ4v) is 2.70. The number of aliphatic hydroxyl groups excluding tert-OH is 1. The van der Waals surface area contributed by atoms with E-state index in [1.165, 1.54) is 0 Å². The smallest absolute Gasteiger partial charge is 0.320 e. The van der Waals surface area contributed by atoms with Crippen LogP contribution in [0.25, 0.3) is 0 Å². The van der Waals surface area contributed by atoms with Gasteiger partial charge in [0.25, 0.3) is 0 Å². The van der Waals surface area contributed by atoms with E-state index in [0.29, 0.717) is 6.54 Å². The zero-order valence-corrected chi connectivity index (χ0v) is 13.3. The summed E-state index contributed by atoms with van der Waals surface area (Å²) in [5.41, 5.74) is -0.446. The Morgan fingerprint density at radius 2 is 1.90 bits per heavy atom. The number of hydrogen-bond acceptors (Lipinski definition) is 3. The second-order valence-electron chi connectivity index (χ2n) is 6.63. The van der Waals surface area contributed by atoms with E-state index in [2.05, 4.69) is 0 Å². The molecule has 0 aromatic heterocycles. The molecule has 0 bridgehead atoms. The molecule has 0 aliphatic carbocycles. The molecule has 0 spiro atoms. The molecule has 6 heteroatoms. The number of hydrogen-bond donors (Lipinski definition) is 2. The second-order valence-corrected chi connectivity index (χ2v) is 6.63. The molecule has 2 amide bonds. The SMILES string of the molecule is CC(C)(C)N(CCC(=O)O)C(=O)N1CCCCCC1CO. The molecule has 122 valence electrons. The van der Waals surface area contributed by atoms with Crippen LogP contribution in [0.2, 0.25) is 0 Å². The lowest BCUT2D eigenvalue weighted by Crippen LogP contribution is -2.55. The van der Waals surface area contributed by atoms with Crippen LogP contribution in [0.5, 0.6) is 0 Å². The van der Waals surface area contributed by atoms with Crippen molar-refractivity contribution in [1.82, 2.24) is 9.80 Å². The summed E-state index contributed by atoms with van der Waals surface area (Å²) in [6.07, 6.45) is 3.74. The standard InChI is InChI=1S/C15H28N2O4/c1-15(2,3)17(10-8-13(19)20)14(21)16-9-6-4-5-7-12(16)11-18/h12,18H,4-11H2,1-3H3,(H,19,20). The van der Waals surface area contributed by atoms with Crippen LogP contribution in [0.4, 0.5) is 4.79 Å². The van der Waals surface area contributed by atoms with E-state index in [9.17, 15) is 14.7 Å². The first-order valence-corrected chi connectivity index (χ1v) is 7.68. The monoisotopic (exact) mass is 300 g/mol. The summed E-state index contributed by atoms with van der Waals surface area (Å²) >= 11 is 0. The minimum absolute atomic E-state index is 0.0390. The van der Waals surface area contributed by atoms with Gasteiger partial charge in [-0.05, 0) is 33.6 Å². The largest absolute Gasteiger partial charge is 0.481 e. The molecule has 1 heterocycles. The van der Waals surface area contributed by atoms with Crippen molar-refractivity contribution in [3.63, 3.8) is 0 Å². The van der Waals surface area contributed by atoms with Gasteiger partial charge in [-0.2, -0.15) is 0 Å². The summed E-state index contributed by atoms with van der Waals surface area (Å²) in [6.45, 7) is 6.48. The number of nitrogens with zero attached hydrogens (tertiary/aromatic N) is 2. The summed E-state index contributed by atoms with van der Waals surface area (Å²) < 4.78 is 0. The molecule has 1 rings (SSSR count). The lowest BCUT2D eigenvalue weighted by atomic mass is 10.1. The maximum absolute atomic E-state index is 12.8. The fraction of sp³-hybridized carbons (Fsp3) is 0.867. The van der Waals surface area contributed by atoms with Crippen molar-refractivity contribution < 1.29 is 19.8 Å². The topological polar surface area (TPSA) is 81.1 Å². The van der Waals surface area contributed by atoms with Crippen LogP contribution < -0.4 is 0 Å². The Balaban J connectivity index is 2.88. The molecular formula is C15H28N2O4. The second kappa shape index (κ2) is 7.64. The zero-order valence-electron chi connectivity index (χ0n) is 13.3. The van der Waals surface area contributed by atoms with Gasteiger partial charge in [0.05, 0.1) is 19.1 Å². The Hall–Kier alpha value is -1.30. The third-order valence-corrected chi connectivity index (χ3v) is 3.92. The molecule has 1 unspecified atom stereocenters. The predicted molar refractivity (Wildman–Crippen MR) is 80.2 cm³/mol. The van der Waals surface area contributed by atoms with Gasteiger partial charge in [0.1, 0.15) is 0 Å². The van der Waals surface area contributed by atoms with E-state index in [1.54, 1.807) is 9.80 Å². The molecule has 6 nitrogen and oxygen atoms in total. The number of urea groups is 1. The number of aliphatic hydroxyl groups is 1. The number of carboxylic acids is 1. The molecule has 2 N–H and O–H groups in total. The van der Waals surface area contributed by atoms with E-state index in [0.717, 1.165) is 25.7 Å². The van der Waals surface area contributed by atoms with Gasteiger partial charge in [0.2, 0.25) is 0 Å². The molecular weight excluding hydrogens is 272 g/mol. The average molecular weight is 300 g/mol. The van der Waals surface area contributed by atoms with Crippen molar-refractivity contribution in [2.45, 2.75) is 64.5 Å². The first-order chi connectivity index (χ1) is 9.77. The van der Waals surface area contributed by atoms with Crippen LogP contribution >= 0.6 is 0 Å². The van der Waals surface area contributed by atoms with Gasteiger partial charge in [0, 0.05) is 18.6 Å². The van der Waals surface area contributed by atoms with Crippen molar-refractivity contribution >= 4 is 12.0 Å². The van der Waals surface area contributed by atoms with Crippen molar-refractivity contribution in [2.24, 2.45) is 0 Å². The highest BCUT2D eigenvalue weighted by Crippen LogP contribution is 2.22. The average Bonchev–Trinajstić information content (AvgIpc) is 2.61. The van der Waals surface area contributed by atoms with Crippen LogP contribution in [0.15, 0.2) is 0 Å². The number of likely N-dealkylation sites (tertiary alicyclic amines) is 1. The van der Waals surface area contributed by atoms with Gasteiger partial charge in [-0.15, -0.1) is 0 Å². The summed E-state index contributed by atoms with van der Waals surface area (Å²) in [4.78, 5) is 27.0. The minimum atomic E-state index is -0.911. The van der Waals surface area contributed by atoms with Crippen LogP contribution in [0.3, 0.4) is 0 Å². The molecule has 21 heavy (non-hydrogen) atoms. The van der Waals surface area contributed by atoms with Crippen molar-refractivity contribution in [3.05, 3.63) is 0 Å². The zero-order chi connectivity index (χ0) is 16.0. The number of rotatable bonds is 4. The Morgan fingerprint density at radius 1 is 1.24 bits per heavy atom. The maximum atomic E-state index is 12.8. The first kappa shape index (κ1) is 17.8. The maximum Gasteiger partial charge on any atom is 0.320 e. The first-order valence-electron chi connectivity index (χ1n) is 7.68. The molecule has 1 atom stereocenters. The van der Waals surface area contributed by atoms with E-state index in [4.69, 9.17) is 5.11 Å². The number of carbonyl (C=O) groups is 2. The van der Waals surface area contributed by atoms with Gasteiger partial charge in [-0.3, -0.25) is 4.79 Å². The Kier molecular flexibility index (Phi) is 6.45. The summed E-state index contributed by atoms with van der Waals surface area (Å²) in [5.74, 6) is -0.911. The molecule has 0 aromatic carbocycles. The molecule has 0 saturated carbocycles. The van der Waals surface area contributed by atoms with Gasteiger partial charge >= 0.3 is 12.0 Å². The number of aliphatic carboxylic acids is 1. The molecule has 1 aliphatic heterocycles. The van der Waals surface area contributed by atoms with Gasteiger partial charge < -0.3 is 20.0 Å². The lowest BCUT2D eigenvalue weighted by Gasteiger charge is -2.41. The Morgan fingerprint density at radius 3 is 2.43 bits per heavy atom. The molecule has 1 saturated heterocycles. The minimum Gasteiger partial charge on any atom is -0.481 e. The van der Waals surface area contributed by atoms with Gasteiger partial charge in [-0.1, -0.05) is 12.8 Å². The van der Waals surface area contributed by atoms with Crippen molar-refractivity contribution in [2.75, 3.05) is 19.7 Å². The van der Waals surface area contributed by atoms with Crippen molar-refractivity contribution in [1.29, 1.82) is 0 Å². The summed E-state index contributed by atoms with van der Waals surface area (Å²) in [5, 5.41) is 18.4. The Labute approximate surface area is 126 Å². The predicted octanol–water partition coefficient (Wildman–Crippen LogP) is 1.92. The quantitative estimate of drug-likeness (QED) is 0.831. The molecule has 1 fully saturated rings. The number of carboxylic acid groups (broad SMARTS) is 1. The van der Waals surface area contributed by atoms with E-state index in [1.807, 2.05) is 20.8 Å². The fourth-order valence-electron chi connectivity index (χ4n) is 2.70. The summed E-state index contributed by atoms with van der Waals surface area (Å²) in [7, 11) is 0. The van der Waals surface area contributed by atoms with E-state index in [-0.39, 0.29) is 31.6 Å². The highest BCUT2D eigenvalue weighted by molar-refractivity contribution is 5.76. The highest BCUT2D eigenvalue weighted by atomic mass is 16.4. The van der Waals surface area contributed by atoms with Crippen LogP contribution in [-0.4, -0.2) is 63.3 Å². The number of amides is 2. The van der Waals surface area contributed by atoms with Crippen molar-refractivity contribution in [3.8, 4) is 0 Å². The van der Waals surface area contributed by atoms with E-state index >= 15 is 0 Å². The summed E-state index contributed by atoms with van der Waals surface area (Å²) in [6, 6.07) is -0.320. The van der Waals surface area contributed by atoms with Crippen LogP contribution in [0.1, 0.15) is 52.9 Å². The number of carbonyl (C=O) groups excluding carboxylic acids is 1. The van der Waals surface area contributed by atoms with Gasteiger partial charge in [0.15, 0.2) is 0 Å². The van der Waals surface area contributed by atoms with Crippen LogP contribution in [-0.2, 0) is 4.79 Å². The van der Waals surface area contributed by atoms with Crippen LogP contribution in [0, 0.1) is 0 Å². The molecule has 0 radical (unpaired) electrons. The molecule has 1 aliphatic rings. The van der Waals surface area contributed by atoms with Gasteiger partial charge in [-0.25, -0.2) is 4.79 Å². The lowest BCUT2D eigenvalue weighted by molar-refractivity contribution is -0.137. The molecule has 0 aromatic rings. The third kappa shape index (κ3) is 5.19. The Bertz CT molecular complexity index is 365.